The second-order valence-corrected chi connectivity index (χ2v) is 3.22. The summed E-state index contributed by atoms with van der Waals surface area (Å²) < 4.78 is 0. The molecule has 88 valence electrons. The normalized spacial score (nSPS) is 19.7. The number of nitrogens with zero attached hydrogens (tertiary/aromatic N) is 1. The molecule has 0 aromatic rings. The predicted molar refractivity (Wildman–Crippen MR) is 62.8 cm³/mol. The van der Waals surface area contributed by atoms with Gasteiger partial charge in [0.25, 0.3) is 0 Å². The average Bonchev–Trinajstić information content (AvgIpc) is 2.35. The third-order valence-corrected chi connectivity index (χ3v) is 1.91. The first-order valence-corrected chi connectivity index (χ1v) is 5.55. The van der Waals surface area contributed by atoms with E-state index < -0.39 is 0 Å². The average molecular weight is 213 g/mol. The van der Waals surface area contributed by atoms with Gasteiger partial charge < -0.3 is 21.3 Å². The zero-order valence-corrected chi connectivity index (χ0v) is 9.60. The van der Waals surface area contributed by atoms with Crippen molar-refractivity contribution in [3.05, 3.63) is 0 Å². The largest absolute Gasteiger partial charge is 0.314 e. The lowest BCUT2D eigenvalue weighted by Crippen LogP contribution is -2.39. The Morgan fingerprint density at radius 3 is 0.867 bits per heavy atom. The summed E-state index contributed by atoms with van der Waals surface area (Å²) in [6, 6.07) is 1.75. The highest BCUT2D eigenvalue weighted by Crippen LogP contribution is 1.65. The monoisotopic (exact) mass is 213 g/mol. The van der Waals surface area contributed by atoms with Crippen molar-refractivity contribution in [2.45, 2.75) is 6.92 Å². The summed E-state index contributed by atoms with van der Waals surface area (Å²) in [5, 5.41) is 20.2. The summed E-state index contributed by atoms with van der Waals surface area (Å²) in [7, 11) is 0. The molecule has 15 heavy (non-hydrogen) atoms. The molecule has 4 N–H and O–H groups in total. The topological polar surface area (TPSA) is 71.9 Å². The van der Waals surface area contributed by atoms with Gasteiger partial charge in [-0.05, 0) is 0 Å². The smallest absolute Gasteiger partial charge is 0.0587 e. The highest BCUT2D eigenvalue weighted by molar-refractivity contribution is 4.59. The second-order valence-electron chi connectivity index (χ2n) is 3.22. The van der Waals surface area contributed by atoms with Gasteiger partial charge in [0.05, 0.1) is 6.07 Å². The molecule has 2 rings (SSSR count). The number of nitrogens with one attached hydrogen (secondary N) is 4. The van der Waals surface area contributed by atoms with E-state index in [9.17, 15) is 0 Å². The van der Waals surface area contributed by atoms with Crippen LogP contribution in [0.3, 0.4) is 0 Å². The predicted octanol–water partition coefficient (Wildman–Crippen LogP) is -1.11. The van der Waals surface area contributed by atoms with Crippen molar-refractivity contribution in [2.24, 2.45) is 0 Å². The van der Waals surface area contributed by atoms with E-state index in [4.69, 9.17) is 5.26 Å². The molecule has 2 saturated heterocycles. The van der Waals surface area contributed by atoms with Crippen LogP contribution in [-0.4, -0.2) is 52.4 Å². The van der Waals surface area contributed by atoms with Crippen molar-refractivity contribution in [3.63, 3.8) is 0 Å². The Morgan fingerprint density at radius 2 is 0.800 bits per heavy atom. The molecule has 0 saturated carbocycles. The van der Waals surface area contributed by atoms with Gasteiger partial charge in [-0.25, -0.2) is 0 Å². The summed E-state index contributed by atoms with van der Waals surface area (Å²) in [6.45, 7) is 10.5. The van der Waals surface area contributed by atoms with Crippen molar-refractivity contribution >= 4 is 0 Å². The van der Waals surface area contributed by atoms with E-state index in [1.165, 1.54) is 6.92 Å². The molecule has 2 aliphatic heterocycles. The Kier molecular flexibility index (Phi) is 12.7. The van der Waals surface area contributed by atoms with E-state index in [0.717, 1.165) is 52.4 Å². The Bertz CT molecular complexity index is 111. The zero-order chi connectivity index (χ0) is 11.2. The zero-order valence-electron chi connectivity index (χ0n) is 9.60. The molecule has 2 fully saturated rings. The minimum atomic E-state index is 1.14. The van der Waals surface area contributed by atoms with Gasteiger partial charge in [0.15, 0.2) is 0 Å². The first kappa shape index (κ1) is 14.3. The van der Waals surface area contributed by atoms with Gasteiger partial charge in [0.1, 0.15) is 0 Å². The quantitative estimate of drug-likeness (QED) is 0.411. The summed E-state index contributed by atoms with van der Waals surface area (Å²) in [5.74, 6) is 0. The molecule has 5 nitrogen and oxygen atoms in total. The number of rotatable bonds is 0. The lowest BCUT2D eigenvalue weighted by atomic mass is 10.4. The molecule has 5 heteroatoms. The number of piperazine rings is 2. The van der Waals surface area contributed by atoms with Crippen molar-refractivity contribution < 1.29 is 0 Å². The van der Waals surface area contributed by atoms with Gasteiger partial charge in [0, 0.05) is 59.3 Å². The second kappa shape index (κ2) is 13.3. The fourth-order valence-electron chi connectivity index (χ4n) is 1.21. The molecule has 0 unspecified atom stereocenters. The summed E-state index contributed by atoms with van der Waals surface area (Å²) in [6.07, 6.45) is 0. The minimum Gasteiger partial charge on any atom is -0.314 e. The summed E-state index contributed by atoms with van der Waals surface area (Å²) in [5.41, 5.74) is 0. The maximum Gasteiger partial charge on any atom is 0.0587 e. The molecule has 0 aliphatic carbocycles. The van der Waals surface area contributed by atoms with Gasteiger partial charge >= 0.3 is 0 Å². The Morgan fingerprint density at radius 1 is 0.667 bits per heavy atom. The van der Waals surface area contributed by atoms with E-state index in [1.807, 2.05) is 0 Å². The molecule has 0 bridgehead atoms. The van der Waals surface area contributed by atoms with Gasteiger partial charge in [-0.15, -0.1) is 0 Å². The maximum absolute atomic E-state index is 7.32. The SMILES string of the molecule is C1CNCCN1.C1CNCCN1.CC#N. The molecule has 0 aromatic carbocycles. The van der Waals surface area contributed by atoms with E-state index in [2.05, 4.69) is 21.3 Å². The summed E-state index contributed by atoms with van der Waals surface area (Å²) in [4.78, 5) is 0. The van der Waals surface area contributed by atoms with Crippen molar-refractivity contribution in [3.8, 4) is 6.07 Å². The summed E-state index contributed by atoms with van der Waals surface area (Å²) >= 11 is 0. The van der Waals surface area contributed by atoms with Crippen molar-refractivity contribution in [1.29, 1.82) is 5.26 Å². The lowest BCUT2D eigenvalue weighted by molar-refractivity contribution is 0.534. The van der Waals surface area contributed by atoms with Crippen molar-refractivity contribution in [2.75, 3.05) is 52.4 Å². The molecule has 0 aromatic heterocycles. The van der Waals surface area contributed by atoms with Crippen LogP contribution >= 0.6 is 0 Å². The first-order chi connectivity index (χ1) is 7.41. The van der Waals surface area contributed by atoms with Gasteiger partial charge in [-0.1, -0.05) is 0 Å². The van der Waals surface area contributed by atoms with E-state index in [1.54, 1.807) is 6.07 Å². The molecule has 0 atom stereocenters. The minimum absolute atomic E-state index is 1.14. The fraction of sp³-hybridized carbons (Fsp3) is 0.900. The van der Waals surface area contributed by atoms with Crippen LogP contribution in [0.2, 0.25) is 0 Å². The third kappa shape index (κ3) is 13.3. The van der Waals surface area contributed by atoms with Crippen LogP contribution in [0, 0.1) is 11.3 Å². The Labute approximate surface area is 92.6 Å². The van der Waals surface area contributed by atoms with Crippen LogP contribution in [0.4, 0.5) is 0 Å². The van der Waals surface area contributed by atoms with Crippen LogP contribution in [0.1, 0.15) is 6.92 Å². The van der Waals surface area contributed by atoms with E-state index in [0.29, 0.717) is 0 Å². The number of hydrogen-bond donors (Lipinski definition) is 4. The fourth-order valence-corrected chi connectivity index (χ4v) is 1.21. The Hall–Kier alpha value is -0.670. The van der Waals surface area contributed by atoms with Gasteiger partial charge in [-0.3, -0.25) is 0 Å². The maximum atomic E-state index is 7.32. The lowest BCUT2D eigenvalue weighted by Gasteiger charge is -2.11. The van der Waals surface area contributed by atoms with Crippen LogP contribution in [0.15, 0.2) is 0 Å². The van der Waals surface area contributed by atoms with E-state index >= 15 is 0 Å². The first-order valence-electron chi connectivity index (χ1n) is 5.55. The molecular formula is C10H23N5. The molecule has 0 spiro atoms. The number of hydrogen-bond acceptors (Lipinski definition) is 5. The van der Waals surface area contributed by atoms with Crippen molar-refractivity contribution in [1.82, 2.24) is 21.3 Å². The van der Waals surface area contributed by atoms with E-state index in [-0.39, 0.29) is 0 Å². The Balaban J connectivity index is 0.000000210. The molecule has 0 radical (unpaired) electrons. The molecule has 0 amide bonds. The molecule has 2 aliphatic rings. The van der Waals surface area contributed by atoms with Gasteiger partial charge in [0.2, 0.25) is 0 Å². The molecule has 2 heterocycles. The number of nitriles is 1. The highest BCUT2D eigenvalue weighted by Gasteiger charge is 1.92. The third-order valence-electron chi connectivity index (χ3n) is 1.91. The highest BCUT2D eigenvalue weighted by atomic mass is 15.0. The van der Waals surface area contributed by atoms with Crippen LogP contribution in [-0.2, 0) is 0 Å². The standard InChI is InChI=1S/2C4H10N2.C2H3N/c2*1-2-6-4-3-5-1;1-2-3/h2*5-6H,1-4H2;1H3. The van der Waals surface area contributed by atoms with Gasteiger partial charge in [-0.2, -0.15) is 5.26 Å². The van der Waals surface area contributed by atoms with Crippen LogP contribution < -0.4 is 21.3 Å². The van der Waals surface area contributed by atoms with Crippen LogP contribution in [0.5, 0.6) is 0 Å². The van der Waals surface area contributed by atoms with Crippen LogP contribution in [0.25, 0.3) is 0 Å². The molecular weight excluding hydrogens is 190 g/mol.